The van der Waals surface area contributed by atoms with Crippen molar-refractivity contribution in [2.45, 2.75) is 32.8 Å². The van der Waals surface area contributed by atoms with Gasteiger partial charge in [-0.05, 0) is 38.3 Å². The summed E-state index contributed by atoms with van der Waals surface area (Å²) in [6.07, 6.45) is 0.831. The third-order valence-electron chi connectivity index (χ3n) is 4.16. The monoisotopic (exact) mass is 288 g/mol. The number of carboxylic acids is 1. The number of hydrogen-bond acceptors (Lipinski definition) is 3. The van der Waals surface area contributed by atoms with Crippen LogP contribution in [0.5, 0.6) is 5.75 Å². The molecule has 0 aliphatic heterocycles. The zero-order valence-corrected chi connectivity index (χ0v) is 12.3. The summed E-state index contributed by atoms with van der Waals surface area (Å²) in [4.78, 5) is 11.1. The normalized spacial score (nSPS) is 22.2. The van der Waals surface area contributed by atoms with Crippen molar-refractivity contribution in [3.8, 4) is 5.75 Å². The van der Waals surface area contributed by atoms with E-state index in [0.717, 1.165) is 24.0 Å². The Morgan fingerprint density at radius 2 is 2.05 bits per heavy atom. The first-order chi connectivity index (χ1) is 9.84. The summed E-state index contributed by atoms with van der Waals surface area (Å²) < 4.78 is 0. The second kappa shape index (κ2) is 5.74. The average Bonchev–Trinajstić information content (AvgIpc) is 2.39. The molecule has 1 aliphatic rings. The molecule has 0 aromatic heterocycles. The molecule has 0 bridgehead atoms. The highest BCUT2D eigenvalue weighted by atomic mass is 16.4. The van der Waals surface area contributed by atoms with Crippen LogP contribution in [0.1, 0.15) is 42.6 Å². The van der Waals surface area contributed by atoms with Crippen LogP contribution in [0.2, 0.25) is 0 Å². The Labute approximate surface area is 124 Å². The van der Waals surface area contributed by atoms with Crippen LogP contribution in [0.4, 0.5) is 0 Å². The van der Waals surface area contributed by atoms with Gasteiger partial charge in [-0.15, -0.1) is 0 Å². The molecule has 1 aromatic carbocycles. The van der Waals surface area contributed by atoms with E-state index in [1.165, 1.54) is 6.07 Å². The highest BCUT2D eigenvalue weighted by molar-refractivity contribution is 5.93. The zero-order chi connectivity index (χ0) is 15.7. The number of allylic oxidation sites excluding steroid dienone is 1. The van der Waals surface area contributed by atoms with Crippen LogP contribution in [0.15, 0.2) is 35.9 Å². The molecule has 0 saturated carbocycles. The molecule has 4 nitrogen and oxygen atoms in total. The van der Waals surface area contributed by atoms with E-state index in [-0.39, 0.29) is 17.2 Å². The van der Waals surface area contributed by atoms with Crippen LogP contribution < -0.4 is 0 Å². The number of carboxylic acid groups (broad SMARTS) is 1. The summed E-state index contributed by atoms with van der Waals surface area (Å²) >= 11 is 0. The molecule has 3 N–H and O–H groups in total. The zero-order valence-electron chi connectivity index (χ0n) is 12.3. The summed E-state index contributed by atoms with van der Waals surface area (Å²) in [6.45, 7) is 7.69. The number of carbonyl (C=O) groups is 1. The minimum atomic E-state index is -1.19. The number of hydrogen-bond donors (Lipinski definition) is 3. The highest BCUT2D eigenvalue weighted by Crippen LogP contribution is 2.42. The molecular formula is C17H20O4. The van der Waals surface area contributed by atoms with Gasteiger partial charge in [0.25, 0.3) is 0 Å². The van der Waals surface area contributed by atoms with Crippen molar-refractivity contribution < 1.29 is 20.1 Å². The molecule has 1 unspecified atom stereocenters. The van der Waals surface area contributed by atoms with Crippen LogP contribution in [0.3, 0.4) is 0 Å². The lowest BCUT2D eigenvalue weighted by atomic mass is 9.76. The van der Waals surface area contributed by atoms with Gasteiger partial charge >= 0.3 is 5.97 Å². The van der Waals surface area contributed by atoms with Crippen LogP contribution >= 0.6 is 0 Å². The standard InChI is InChI=1S/C17H20O4/c1-9(2)11-8-7-10(3)14(16(11)19)12-5-4-6-13(15(12)18)17(20)21/h4-6,11,16,18-19H,1,7-8H2,2-3H3,(H,20,21)/t11-,16?/m0/s1. The number of para-hydroxylation sites is 1. The lowest BCUT2D eigenvalue weighted by Gasteiger charge is -2.32. The van der Waals surface area contributed by atoms with Crippen molar-refractivity contribution in [1.29, 1.82) is 0 Å². The second-order valence-corrected chi connectivity index (χ2v) is 5.64. The Hall–Kier alpha value is -2.07. The Bertz CT molecular complexity index is 628. The van der Waals surface area contributed by atoms with E-state index in [0.29, 0.717) is 11.1 Å². The summed E-state index contributed by atoms with van der Waals surface area (Å²) in [5.74, 6) is -1.55. The molecule has 4 heteroatoms. The van der Waals surface area contributed by atoms with Gasteiger partial charge in [0.15, 0.2) is 0 Å². The molecule has 0 radical (unpaired) electrons. The molecule has 0 fully saturated rings. The fraction of sp³-hybridized carbons (Fsp3) is 0.353. The second-order valence-electron chi connectivity index (χ2n) is 5.64. The largest absolute Gasteiger partial charge is 0.506 e. The van der Waals surface area contributed by atoms with Crippen molar-refractivity contribution in [2.24, 2.45) is 5.92 Å². The lowest BCUT2D eigenvalue weighted by Crippen LogP contribution is -2.27. The maximum atomic E-state index is 11.1. The maximum Gasteiger partial charge on any atom is 0.339 e. The summed E-state index contributed by atoms with van der Waals surface area (Å²) in [7, 11) is 0. The van der Waals surface area contributed by atoms with Crippen molar-refractivity contribution in [2.75, 3.05) is 0 Å². The van der Waals surface area contributed by atoms with Gasteiger partial charge in [-0.3, -0.25) is 0 Å². The molecule has 1 aromatic rings. The Balaban J connectivity index is 2.57. The van der Waals surface area contributed by atoms with E-state index >= 15 is 0 Å². The first kappa shape index (κ1) is 15.3. The fourth-order valence-electron chi connectivity index (χ4n) is 2.96. The molecule has 0 spiro atoms. The van der Waals surface area contributed by atoms with Gasteiger partial charge in [0.05, 0.1) is 6.10 Å². The highest BCUT2D eigenvalue weighted by Gasteiger charge is 2.31. The first-order valence-electron chi connectivity index (χ1n) is 6.93. The number of benzene rings is 1. The average molecular weight is 288 g/mol. The molecule has 0 amide bonds. The van der Waals surface area contributed by atoms with Crippen molar-refractivity contribution in [3.63, 3.8) is 0 Å². The van der Waals surface area contributed by atoms with E-state index in [9.17, 15) is 15.0 Å². The van der Waals surface area contributed by atoms with Gasteiger partial charge in [0.2, 0.25) is 0 Å². The third-order valence-corrected chi connectivity index (χ3v) is 4.16. The fourth-order valence-corrected chi connectivity index (χ4v) is 2.96. The van der Waals surface area contributed by atoms with Crippen molar-refractivity contribution >= 4 is 11.5 Å². The molecule has 0 saturated heterocycles. The summed E-state index contributed by atoms with van der Waals surface area (Å²) in [5, 5.41) is 29.9. The number of rotatable bonds is 3. The van der Waals surface area contributed by atoms with Gasteiger partial charge in [0.1, 0.15) is 11.3 Å². The third kappa shape index (κ3) is 2.72. The molecular weight excluding hydrogens is 268 g/mol. The Morgan fingerprint density at radius 3 is 2.62 bits per heavy atom. The topological polar surface area (TPSA) is 77.8 Å². The van der Waals surface area contributed by atoms with Crippen molar-refractivity contribution in [1.82, 2.24) is 0 Å². The molecule has 112 valence electrons. The van der Waals surface area contributed by atoms with E-state index in [1.807, 2.05) is 13.8 Å². The van der Waals surface area contributed by atoms with E-state index in [1.54, 1.807) is 12.1 Å². The SMILES string of the molecule is C=C(C)[C@@H]1CCC(C)=C(c2cccc(C(=O)O)c2O)C1O. The van der Waals surface area contributed by atoms with E-state index in [4.69, 9.17) is 5.11 Å². The van der Waals surface area contributed by atoms with Crippen LogP contribution in [-0.2, 0) is 0 Å². The number of phenols is 1. The number of aromatic carboxylic acids is 1. The van der Waals surface area contributed by atoms with Gasteiger partial charge in [-0.25, -0.2) is 4.79 Å². The van der Waals surface area contributed by atoms with E-state index < -0.39 is 12.1 Å². The van der Waals surface area contributed by atoms with E-state index in [2.05, 4.69) is 6.58 Å². The van der Waals surface area contributed by atoms with Gasteiger partial charge in [0, 0.05) is 11.5 Å². The maximum absolute atomic E-state index is 11.1. The molecule has 2 rings (SSSR count). The minimum absolute atomic E-state index is 0.0726. The summed E-state index contributed by atoms with van der Waals surface area (Å²) in [6, 6.07) is 4.57. The number of aliphatic hydroxyl groups excluding tert-OH is 1. The number of aliphatic hydroxyl groups is 1. The first-order valence-corrected chi connectivity index (χ1v) is 6.93. The Morgan fingerprint density at radius 1 is 1.38 bits per heavy atom. The smallest absolute Gasteiger partial charge is 0.339 e. The van der Waals surface area contributed by atoms with Crippen LogP contribution in [0.25, 0.3) is 5.57 Å². The quantitative estimate of drug-likeness (QED) is 0.746. The predicted molar refractivity (Wildman–Crippen MR) is 81.2 cm³/mol. The van der Waals surface area contributed by atoms with Gasteiger partial charge < -0.3 is 15.3 Å². The summed E-state index contributed by atoms with van der Waals surface area (Å²) in [5.41, 5.74) is 2.72. The predicted octanol–water partition coefficient (Wildman–Crippen LogP) is 3.21. The minimum Gasteiger partial charge on any atom is -0.506 e. The Kier molecular flexibility index (Phi) is 4.19. The van der Waals surface area contributed by atoms with Crippen LogP contribution in [0, 0.1) is 5.92 Å². The lowest BCUT2D eigenvalue weighted by molar-refractivity contribution is 0.0693. The molecule has 21 heavy (non-hydrogen) atoms. The van der Waals surface area contributed by atoms with Gasteiger partial charge in [-0.2, -0.15) is 0 Å². The molecule has 0 heterocycles. The van der Waals surface area contributed by atoms with Crippen LogP contribution in [-0.4, -0.2) is 27.4 Å². The molecule has 1 aliphatic carbocycles. The van der Waals surface area contributed by atoms with Gasteiger partial charge in [-0.1, -0.05) is 29.9 Å². The molecule has 2 atom stereocenters. The number of aromatic hydroxyl groups is 1. The van der Waals surface area contributed by atoms with Crippen molar-refractivity contribution in [3.05, 3.63) is 47.1 Å².